The maximum absolute atomic E-state index is 12.9. The first-order chi connectivity index (χ1) is 14.9. The van der Waals surface area contributed by atoms with Crippen LogP contribution in [0.5, 0.6) is 0 Å². The van der Waals surface area contributed by atoms with E-state index in [0.29, 0.717) is 11.3 Å². The van der Waals surface area contributed by atoms with Crippen molar-refractivity contribution >= 4 is 28.5 Å². The molecular formula is C24H24N4O3. The van der Waals surface area contributed by atoms with E-state index in [1.165, 1.54) is 17.4 Å². The van der Waals surface area contributed by atoms with Gasteiger partial charge in [0, 0.05) is 41.9 Å². The molecule has 1 amide bonds. The van der Waals surface area contributed by atoms with Crippen molar-refractivity contribution < 1.29 is 14.3 Å². The first-order valence-corrected chi connectivity index (χ1v) is 9.95. The van der Waals surface area contributed by atoms with E-state index < -0.39 is 5.97 Å². The first kappa shape index (κ1) is 20.4. The molecule has 0 atom stereocenters. The van der Waals surface area contributed by atoms with Gasteiger partial charge in [-0.15, -0.1) is 0 Å². The fraction of sp³-hybridized carbons (Fsp3) is 0.208. The Bertz CT molecular complexity index is 1290. The number of anilines is 1. The van der Waals surface area contributed by atoms with Crippen molar-refractivity contribution in [2.24, 2.45) is 7.05 Å². The lowest BCUT2D eigenvalue weighted by Gasteiger charge is -2.09. The summed E-state index contributed by atoms with van der Waals surface area (Å²) in [6, 6.07) is 15.9. The summed E-state index contributed by atoms with van der Waals surface area (Å²) in [5.74, 6) is -0.913. The fourth-order valence-electron chi connectivity index (χ4n) is 3.78. The van der Waals surface area contributed by atoms with Crippen molar-refractivity contribution in [1.29, 1.82) is 0 Å². The van der Waals surface area contributed by atoms with Crippen molar-refractivity contribution in [2.75, 3.05) is 12.4 Å². The Kier molecular flexibility index (Phi) is 5.33. The lowest BCUT2D eigenvalue weighted by molar-refractivity contribution is 0.0594. The SMILES string of the molecule is COC(=O)c1nn(C)cc1NC(=O)c1ccc2c(c1)c(C)c(C)n2Cc1ccccc1. The third kappa shape index (κ3) is 3.82. The monoisotopic (exact) mass is 416 g/mol. The van der Waals surface area contributed by atoms with Crippen molar-refractivity contribution in [3.05, 3.63) is 82.8 Å². The molecule has 31 heavy (non-hydrogen) atoms. The average Bonchev–Trinajstić information content (AvgIpc) is 3.26. The number of benzene rings is 2. The Morgan fingerprint density at radius 2 is 1.84 bits per heavy atom. The van der Waals surface area contributed by atoms with E-state index in [1.807, 2.05) is 30.3 Å². The number of carbonyl (C=O) groups excluding carboxylic acids is 2. The van der Waals surface area contributed by atoms with Gasteiger partial charge >= 0.3 is 5.97 Å². The van der Waals surface area contributed by atoms with Gasteiger partial charge in [-0.1, -0.05) is 30.3 Å². The summed E-state index contributed by atoms with van der Waals surface area (Å²) in [5.41, 5.74) is 5.48. The Labute approximate surface area is 180 Å². The van der Waals surface area contributed by atoms with Gasteiger partial charge in [0.1, 0.15) is 0 Å². The zero-order valence-electron chi connectivity index (χ0n) is 18.0. The molecule has 0 radical (unpaired) electrons. The Morgan fingerprint density at radius 3 is 2.55 bits per heavy atom. The third-order valence-electron chi connectivity index (χ3n) is 5.54. The quantitative estimate of drug-likeness (QED) is 0.497. The van der Waals surface area contributed by atoms with E-state index in [9.17, 15) is 9.59 Å². The number of fused-ring (bicyclic) bond motifs is 1. The molecule has 0 aliphatic heterocycles. The molecule has 0 aliphatic rings. The molecule has 0 bridgehead atoms. The highest BCUT2D eigenvalue weighted by Gasteiger charge is 2.20. The molecule has 0 saturated carbocycles. The summed E-state index contributed by atoms with van der Waals surface area (Å²) in [4.78, 5) is 24.8. The van der Waals surface area contributed by atoms with Crippen LogP contribution in [0.3, 0.4) is 0 Å². The number of hydrogen-bond donors (Lipinski definition) is 1. The highest BCUT2D eigenvalue weighted by atomic mass is 16.5. The molecule has 0 unspecified atom stereocenters. The van der Waals surface area contributed by atoms with Crippen LogP contribution in [0.25, 0.3) is 10.9 Å². The van der Waals surface area contributed by atoms with E-state index in [0.717, 1.165) is 28.7 Å². The molecule has 4 rings (SSSR count). The minimum atomic E-state index is -0.601. The second-order valence-electron chi connectivity index (χ2n) is 7.52. The number of methoxy groups -OCH3 is 1. The maximum Gasteiger partial charge on any atom is 0.360 e. The Balaban J connectivity index is 1.66. The Hall–Kier alpha value is -3.87. The van der Waals surface area contributed by atoms with Crippen LogP contribution >= 0.6 is 0 Å². The van der Waals surface area contributed by atoms with Gasteiger partial charge in [-0.05, 0) is 43.2 Å². The van der Waals surface area contributed by atoms with Crippen molar-refractivity contribution in [1.82, 2.24) is 14.3 Å². The first-order valence-electron chi connectivity index (χ1n) is 9.95. The maximum atomic E-state index is 12.9. The Morgan fingerprint density at radius 1 is 1.10 bits per heavy atom. The number of aromatic nitrogens is 3. The summed E-state index contributed by atoms with van der Waals surface area (Å²) >= 11 is 0. The highest BCUT2D eigenvalue weighted by Crippen LogP contribution is 2.28. The van der Waals surface area contributed by atoms with Gasteiger partial charge in [0.05, 0.1) is 12.8 Å². The van der Waals surface area contributed by atoms with Gasteiger partial charge in [0.2, 0.25) is 0 Å². The number of amides is 1. The zero-order valence-corrected chi connectivity index (χ0v) is 18.0. The number of rotatable bonds is 5. The predicted molar refractivity (Wildman–Crippen MR) is 119 cm³/mol. The third-order valence-corrected chi connectivity index (χ3v) is 5.54. The molecule has 4 aromatic rings. The van der Waals surface area contributed by atoms with E-state index in [2.05, 4.69) is 41.0 Å². The highest BCUT2D eigenvalue weighted by molar-refractivity contribution is 6.09. The molecule has 7 heteroatoms. The fourth-order valence-corrected chi connectivity index (χ4v) is 3.78. The summed E-state index contributed by atoms with van der Waals surface area (Å²) in [6.45, 7) is 4.92. The average molecular weight is 416 g/mol. The van der Waals surface area contributed by atoms with Gasteiger partial charge < -0.3 is 14.6 Å². The second-order valence-corrected chi connectivity index (χ2v) is 7.52. The molecule has 0 fully saturated rings. The molecule has 2 heterocycles. The molecule has 2 aromatic heterocycles. The van der Waals surface area contributed by atoms with Crippen molar-refractivity contribution in [3.63, 3.8) is 0 Å². The number of esters is 1. The van der Waals surface area contributed by atoms with E-state index in [1.54, 1.807) is 19.3 Å². The number of ether oxygens (including phenoxy) is 1. The topological polar surface area (TPSA) is 78.2 Å². The molecule has 2 aromatic carbocycles. The summed E-state index contributed by atoms with van der Waals surface area (Å²) in [5, 5.41) is 7.88. The smallest absolute Gasteiger partial charge is 0.360 e. The van der Waals surface area contributed by atoms with Gasteiger partial charge in [-0.2, -0.15) is 5.10 Å². The van der Waals surface area contributed by atoms with Crippen molar-refractivity contribution in [2.45, 2.75) is 20.4 Å². The number of aryl methyl sites for hydroxylation is 2. The van der Waals surface area contributed by atoms with Gasteiger partial charge in [-0.3, -0.25) is 9.48 Å². The van der Waals surface area contributed by atoms with Gasteiger partial charge in [-0.25, -0.2) is 4.79 Å². The molecule has 1 N–H and O–H groups in total. The van der Waals surface area contributed by atoms with Crippen LogP contribution in [0.4, 0.5) is 5.69 Å². The zero-order chi connectivity index (χ0) is 22.1. The van der Waals surface area contributed by atoms with Crippen LogP contribution in [0.2, 0.25) is 0 Å². The largest absolute Gasteiger partial charge is 0.464 e. The molecule has 0 saturated heterocycles. The van der Waals surface area contributed by atoms with Gasteiger partial charge in [0.15, 0.2) is 5.69 Å². The molecule has 158 valence electrons. The van der Waals surface area contributed by atoms with E-state index >= 15 is 0 Å². The summed E-state index contributed by atoms with van der Waals surface area (Å²) in [6.07, 6.45) is 1.58. The van der Waals surface area contributed by atoms with E-state index in [-0.39, 0.29) is 11.6 Å². The minimum absolute atomic E-state index is 0.0699. The van der Waals surface area contributed by atoms with Crippen LogP contribution in [-0.2, 0) is 18.3 Å². The molecular weight excluding hydrogens is 392 g/mol. The van der Waals surface area contributed by atoms with Gasteiger partial charge in [0.25, 0.3) is 5.91 Å². The standard InChI is InChI=1S/C24H24N4O3/c1-15-16(2)28(13-17-8-6-5-7-9-17)21-11-10-18(12-19(15)21)23(29)25-20-14-27(3)26-22(20)24(30)31-4/h5-12,14H,13H2,1-4H3,(H,25,29). The van der Waals surface area contributed by atoms with Crippen LogP contribution < -0.4 is 5.32 Å². The lowest BCUT2D eigenvalue weighted by Crippen LogP contribution is -2.14. The summed E-state index contributed by atoms with van der Waals surface area (Å²) in [7, 11) is 2.96. The number of nitrogens with zero attached hydrogens (tertiary/aromatic N) is 3. The minimum Gasteiger partial charge on any atom is -0.464 e. The van der Waals surface area contributed by atoms with Crippen LogP contribution in [0, 0.1) is 13.8 Å². The van der Waals surface area contributed by atoms with Crippen LogP contribution in [0.15, 0.2) is 54.7 Å². The van der Waals surface area contributed by atoms with Crippen molar-refractivity contribution in [3.8, 4) is 0 Å². The predicted octanol–water partition coefficient (Wildman–Crippen LogP) is 4.08. The van der Waals surface area contributed by atoms with E-state index in [4.69, 9.17) is 4.74 Å². The normalized spacial score (nSPS) is 11.0. The molecule has 7 nitrogen and oxygen atoms in total. The number of carbonyl (C=O) groups is 2. The second kappa shape index (κ2) is 8.10. The van der Waals surface area contributed by atoms with Crippen LogP contribution in [-0.4, -0.2) is 33.3 Å². The lowest BCUT2D eigenvalue weighted by atomic mass is 10.1. The summed E-state index contributed by atoms with van der Waals surface area (Å²) < 4.78 is 8.47. The number of nitrogens with one attached hydrogen (secondary N) is 1. The molecule has 0 aliphatic carbocycles. The molecule has 0 spiro atoms. The van der Waals surface area contributed by atoms with Crippen LogP contribution in [0.1, 0.15) is 37.7 Å². The number of hydrogen-bond acceptors (Lipinski definition) is 4.